The van der Waals surface area contributed by atoms with E-state index in [9.17, 15) is 18.9 Å². The third kappa shape index (κ3) is 2.40. The zero-order valence-corrected chi connectivity index (χ0v) is 9.43. The highest BCUT2D eigenvalue weighted by atomic mass is 79.9. The minimum Gasteiger partial charge on any atom is -0.258 e. The van der Waals surface area contributed by atoms with Gasteiger partial charge in [0.15, 0.2) is 0 Å². The molecule has 0 unspecified atom stereocenters. The molecule has 0 saturated carbocycles. The standard InChI is InChI=1S/C7H4BrClF2N2O2/c8-1-3-4(13(14)15)2-12-6(9)5(3)7(10)11/h2,7H,1H2. The zero-order chi connectivity index (χ0) is 11.6. The minimum atomic E-state index is -2.89. The van der Waals surface area contributed by atoms with Gasteiger partial charge in [-0.2, -0.15) is 0 Å². The van der Waals surface area contributed by atoms with Gasteiger partial charge in [-0.25, -0.2) is 13.8 Å². The predicted molar refractivity (Wildman–Crippen MR) is 53.5 cm³/mol. The monoisotopic (exact) mass is 300 g/mol. The van der Waals surface area contributed by atoms with E-state index in [2.05, 4.69) is 20.9 Å². The molecule has 1 heterocycles. The molecule has 0 amide bonds. The maximum atomic E-state index is 12.6. The van der Waals surface area contributed by atoms with Gasteiger partial charge in [0.25, 0.3) is 12.1 Å². The Hall–Kier alpha value is -0.820. The van der Waals surface area contributed by atoms with Crippen molar-refractivity contribution in [3.63, 3.8) is 0 Å². The van der Waals surface area contributed by atoms with Gasteiger partial charge >= 0.3 is 0 Å². The summed E-state index contributed by atoms with van der Waals surface area (Å²) in [6.07, 6.45) is -2.03. The van der Waals surface area contributed by atoms with Crippen LogP contribution < -0.4 is 0 Å². The van der Waals surface area contributed by atoms with Crippen LogP contribution in [-0.2, 0) is 5.33 Å². The normalized spacial score (nSPS) is 10.7. The lowest BCUT2D eigenvalue weighted by molar-refractivity contribution is -0.385. The molecule has 0 radical (unpaired) electrons. The summed E-state index contributed by atoms with van der Waals surface area (Å²) in [6, 6.07) is 0. The average molecular weight is 301 g/mol. The molecule has 1 rings (SSSR count). The minimum absolute atomic E-state index is 0.0781. The summed E-state index contributed by atoms with van der Waals surface area (Å²) in [7, 11) is 0. The van der Waals surface area contributed by atoms with Crippen LogP contribution in [0, 0.1) is 10.1 Å². The highest BCUT2D eigenvalue weighted by Gasteiger charge is 2.25. The molecule has 0 atom stereocenters. The zero-order valence-electron chi connectivity index (χ0n) is 7.08. The van der Waals surface area contributed by atoms with Crippen LogP contribution in [0.5, 0.6) is 0 Å². The summed E-state index contributed by atoms with van der Waals surface area (Å²) in [5, 5.41) is 10.0. The van der Waals surface area contributed by atoms with E-state index in [1.165, 1.54) is 0 Å². The molecule has 82 valence electrons. The third-order valence-electron chi connectivity index (χ3n) is 1.71. The van der Waals surface area contributed by atoms with E-state index in [0.29, 0.717) is 0 Å². The highest BCUT2D eigenvalue weighted by molar-refractivity contribution is 9.08. The second kappa shape index (κ2) is 4.80. The Bertz CT molecular complexity index is 403. The SMILES string of the molecule is O=[N+]([O-])c1cnc(Cl)c(C(F)F)c1CBr. The lowest BCUT2D eigenvalue weighted by Crippen LogP contribution is -2.02. The first-order chi connectivity index (χ1) is 6.99. The van der Waals surface area contributed by atoms with Crippen LogP contribution in [0.2, 0.25) is 5.15 Å². The van der Waals surface area contributed by atoms with Crippen LogP contribution in [0.25, 0.3) is 0 Å². The molecular weight excluding hydrogens is 297 g/mol. The Morgan fingerprint density at radius 1 is 1.67 bits per heavy atom. The van der Waals surface area contributed by atoms with Gasteiger partial charge in [-0.1, -0.05) is 27.5 Å². The average Bonchev–Trinajstić information content (AvgIpc) is 2.15. The molecule has 0 aliphatic rings. The highest BCUT2D eigenvalue weighted by Crippen LogP contribution is 2.35. The maximum Gasteiger partial charge on any atom is 0.292 e. The van der Waals surface area contributed by atoms with Crippen LogP contribution in [0.1, 0.15) is 17.6 Å². The van der Waals surface area contributed by atoms with Crippen molar-refractivity contribution in [3.05, 3.63) is 32.6 Å². The van der Waals surface area contributed by atoms with Crippen molar-refractivity contribution in [2.24, 2.45) is 0 Å². The summed E-state index contributed by atoms with van der Waals surface area (Å²) in [5.74, 6) is 0. The van der Waals surface area contributed by atoms with Gasteiger partial charge < -0.3 is 0 Å². The molecule has 0 spiro atoms. The molecule has 15 heavy (non-hydrogen) atoms. The number of alkyl halides is 3. The lowest BCUT2D eigenvalue weighted by atomic mass is 10.1. The number of aromatic nitrogens is 1. The molecule has 0 fully saturated rings. The van der Waals surface area contributed by atoms with Gasteiger partial charge in [-0.3, -0.25) is 10.1 Å². The second-order valence-electron chi connectivity index (χ2n) is 2.52. The van der Waals surface area contributed by atoms with Crippen molar-refractivity contribution in [1.82, 2.24) is 4.98 Å². The number of pyridine rings is 1. The topological polar surface area (TPSA) is 56.0 Å². The number of halogens is 4. The summed E-state index contributed by atoms with van der Waals surface area (Å²) in [4.78, 5) is 13.1. The fourth-order valence-electron chi connectivity index (χ4n) is 1.05. The van der Waals surface area contributed by atoms with E-state index in [1.807, 2.05) is 0 Å². The van der Waals surface area contributed by atoms with Crippen LogP contribution >= 0.6 is 27.5 Å². The molecule has 1 aromatic rings. The molecule has 0 aliphatic carbocycles. The Morgan fingerprint density at radius 3 is 2.67 bits per heavy atom. The van der Waals surface area contributed by atoms with Crippen molar-refractivity contribution in [1.29, 1.82) is 0 Å². The predicted octanol–water partition coefficient (Wildman–Crippen LogP) is 3.48. The second-order valence-corrected chi connectivity index (χ2v) is 3.44. The number of hydrogen-bond acceptors (Lipinski definition) is 3. The van der Waals surface area contributed by atoms with Gasteiger partial charge in [-0.15, -0.1) is 0 Å². The van der Waals surface area contributed by atoms with Crippen LogP contribution in [0.4, 0.5) is 14.5 Å². The quantitative estimate of drug-likeness (QED) is 0.372. The molecule has 1 aromatic heterocycles. The maximum absolute atomic E-state index is 12.6. The van der Waals surface area contributed by atoms with Gasteiger partial charge in [0, 0.05) is 5.33 Å². The molecule has 8 heteroatoms. The van der Waals surface area contributed by atoms with Crippen molar-refractivity contribution in [3.8, 4) is 0 Å². The summed E-state index contributed by atoms with van der Waals surface area (Å²) >= 11 is 8.35. The van der Waals surface area contributed by atoms with E-state index >= 15 is 0 Å². The van der Waals surface area contributed by atoms with Gasteiger partial charge in [0.2, 0.25) is 0 Å². The van der Waals surface area contributed by atoms with E-state index in [4.69, 9.17) is 11.6 Å². The molecule has 4 nitrogen and oxygen atoms in total. The fourth-order valence-corrected chi connectivity index (χ4v) is 1.88. The first-order valence-electron chi connectivity index (χ1n) is 3.64. The first kappa shape index (κ1) is 12.3. The Kier molecular flexibility index (Phi) is 3.92. The number of nitro groups is 1. The van der Waals surface area contributed by atoms with Gasteiger partial charge in [-0.05, 0) is 0 Å². The van der Waals surface area contributed by atoms with Crippen LogP contribution in [0.3, 0.4) is 0 Å². The Labute approximate surface area is 96.5 Å². The lowest BCUT2D eigenvalue weighted by Gasteiger charge is -2.07. The van der Waals surface area contributed by atoms with E-state index in [1.54, 1.807) is 0 Å². The first-order valence-corrected chi connectivity index (χ1v) is 5.14. The van der Waals surface area contributed by atoms with Crippen molar-refractivity contribution >= 4 is 33.2 Å². The molecule has 0 saturated heterocycles. The van der Waals surface area contributed by atoms with Crippen LogP contribution in [-0.4, -0.2) is 9.91 Å². The largest absolute Gasteiger partial charge is 0.292 e. The molecular formula is C7H4BrClF2N2O2. The summed E-state index contributed by atoms with van der Waals surface area (Å²) < 4.78 is 25.1. The van der Waals surface area contributed by atoms with Crippen molar-refractivity contribution in [2.45, 2.75) is 11.8 Å². The number of hydrogen-bond donors (Lipinski definition) is 0. The fraction of sp³-hybridized carbons (Fsp3) is 0.286. The van der Waals surface area contributed by atoms with Gasteiger partial charge in [0.05, 0.1) is 16.1 Å². The Balaban J connectivity index is 3.47. The number of rotatable bonds is 3. The van der Waals surface area contributed by atoms with E-state index in [-0.39, 0.29) is 10.9 Å². The molecule has 0 aromatic carbocycles. The smallest absolute Gasteiger partial charge is 0.258 e. The van der Waals surface area contributed by atoms with Gasteiger partial charge in [0.1, 0.15) is 11.3 Å². The van der Waals surface area contributed by atoms with E-state index in [0.717, 1.165) is 6.20 Å². The third-order valence-corrected chi connectivity index (χ3v) is 2.57. The van der Waals surface area contributed by atoms with Crippen molar-refractivity contribution < 1.29 is 13.7 Å². The van der Waals surface area contributed by atoms with Crippen LogP contribution in [0.15, 0.2) is 6.20 Å². The molecule has 0 N–H and O–H groups in total. The van der Waals surface area contributed by atoms with Crippen molar-refractivity contribution in [2.75, 3.05) is 0 Å². The Morgan fingerprint density at radius 2 is 2.27 bits per heavy atom. The van der Waals surface area contributed by atoms with E-state index < -0.39 is 27.8 Å². The molecule has 0 aliphatic heterocycles. The number of nitrogens with zero attached hydrogens (tertiary/aromatic N) is 2. The summed E-state index contributed by atoms with van der Waals surface area (Å²) in [6.45, 7) is 0. The summed E-state index contributed by atoms with van der Waals surface area (Å²) in [5.41, 5.74) is -1.20. The molecule has 0 bridgehead atoms.